The fraction of sp³-hybridized carbons (Fsp3) is 0. The van der Waals surface area contributed by atoms with Gasteiger partial charge in [-0.25, -0.2) is 0 Å². The number of nitrogens with two attached hydrogens (primary N) is 1. The van der Waals surface area contributed by atoms with E-state index >= 15 is 0 Å². The zero-order valence-electron chi connectivity index (χ0n) is 8.85. The molecule has 86 valence electrons. The summed E-state index contributed by atoms with van der Waals surface area (Å²) in [6.45, 7) is 0. The quantitative estimate of drug-likeness (QED) is 0.506. The van der Waals surface area contributed by atoms with Crippen molar-refractivity contribution in [3.8, 4) is 0 Å². The normalized spacial score (nSPS) is 10.2. The fourth-order valence-corrected chi connectivity index (χ4v) is 2.03. The lowest BCUT2D eigenvalue weighted by Crippen LogP contribution is -2.02. The molecule has 0 aliphatic heterocycles. The van der Waals surface area contributed by atoms with Crippen molar-refractivity contribution in [2.75, 3.05) is 5.73 Å². The summed E-state index contributed by atoms with van der Waals surface area (Å²) in [6.07, 6.45) is 0. The molecule has 0 saturated carbocycles. The van der Waals surface area contributed by atoms with Crippen molar-refractivity contribution in [2.24, 2.45) is 0 Å². The second kappa shape index (κ2) is 4.94. The van der Waals surface area contributed by atoms with Crippen molar-refractivity contribution in [2.45, 2.75) is 4.90 Å². The number of carbonyl (C=O) groups is 1. The first-order valence-electron chi connectivity index (χ1n) is 4.96. The first-order chi connectivity index (χ1) is 8.08. The maximum atomic E-state index is 12.2. The molecule has 0 bridgehead atoms. The number of rotatable bonds is 2. The summed E-state index contributed by atoms with van der Waals surface area (Å²) in [5.41, 5.74) is 7.44. The smallest absolute Gasteiger partial charge is 0.193 e. The summed E-state index contributed by atoms with van der Waals surface area (Å²) in [5.74, 6) is -0.0497. The van der Waals surface area contributed by atoms with E-state index in [0.717, 1.165) is 4.47 Å². The zero-order valence-corrected chi connectivity index (χ0v) is 11.3. The van der Waals surface area contributed by atoms with Gasteiger partial charge in [0.1, 0.15) is 0 Å². The number of anilines is 1. The molecule has 0 heterocycles. The molecule has 0 aliphatic carbocycles. The lowest BCUT2D eigenvalue weighted by Gasteiger charge is -2.04. The van der Waals surface area contributed by atoms with Crippen molar-refractivity contribution in [1.29, 1.82) is 0 Å². The first-order valence-corrected chi connectivity index (χ1v) is 6.21. The largest absolute Gasteiger partial charge is 0.398 e. The van der Waals surface area contributed by atoms with Crippen LogP contribution in [0.25, 0.3) is 0 Å². The van der Waals surface area contributed by atoms with Gasteiger partial charge in [-0.15, -0.1) is 12.6 Å². The molecule has 0 aliphatic rings. The molecular weight excluding hydrogens is 298 g/mol. The summed E-state index contributed by atoms with van der Waals surface area (Å²) in [4.78, 5) is 12.8. The molecule has 2 N–H and O–H groups in total. The number of nitrogen functional groups attached to an aromatic ring is 1. The lowest BCUT2D eigenvalue weighted by atomic mass is 10.0. The van der Waals surface area contributed by atoms with Crippen LogP contribution in [-0.4, -0.2) is 5.78 Å². The lowest BCUT2D eigenvalue weighted by molar-refractivity contribution is 0.103. The van der Waals surface area contributed by atoms with Gasteiger partial charge in [-0.2, -0.15) is 0 Å². The zero-order chi connectivity index (χ0) is 12.4. The number of carbonyl (C=O) groups excluding carboxylic acids is 1. The van der Waals surface area contributed by atoms with Crippen LogP contribution >= 0.6 is 28.6 Å². The number of hydrogen-bond donors (Lipinski definition) is 2. The van der Waals surface area contributed by atoms with E-state index in [2.05, 4.69) is 28.6 Å². The van der Waals surface area contributed by atoms with E-state index in [4.69, 9.17) is 5.73 Å². The first kappa shape index (κ1) is 12.2. The van der Waals surface area contributed by atoms with Crippen molar-refractivity contribution in [3.05, 3.63) is 58.1 Å². The Morgan fingerprint density at radius 1 is 1.12 bits per heavy atom. The Morgan fingerprint density at radius 3 is 2.47 bits per heavy atom. The Balaban J connectivity index is 2.40. The molecule has 0 aromatic heterocycles. The van der Waals surface area contributed by atoms with Crippen LogP contribution in [0.5, 0.6) is 0 Å². The van der Waals surface area contributed by atoms with Crippen molar-refractivity contribution >= 4 is 40.0 Å². The van der Waals surface area contributed by atoms with E-state index in [0.29, 0.717) is 21.7 Å². The van der Waals surface area contributed by atoms with Crippen LogP contribution < -0.4 is 5.73 Å². The van der Waals surface area contributed by atoms with Crippen LogP contribution in [0.2, 0.25) is 0 Å². The number of benzene rings is 2. The van der Waals surface area contributed by atoms with Crippen LogP contribution in [0.15, 0.2) is 51.8 Å². The molecule has 0 saturated heterocycles. The minimum absolute atomic E-state index is 0.0497. The van der Waals surface area contributed by atoms with Crippen LogP contribution in [0.3, 0.4) is 0 Å². The maximum absolute atomic E-state index is 12.2. The van der Waals surface area contributed by atoms with Crippen molar-refractivity contribution in [1.82, 2.24) is 0 Å². The second-order valence-corrected chi connectivity index (χ2v) is 5.01. The molecule has 0 unspecified atom stereocenters. The molecule has 2 aromatic rings. The van der Waals surface area contributed by atoms with Crippen LogP contribution in [0, 0.1) is 0 Å². The van der Waals surface area contributed by atoms with E-state index in [1.807, 2.05) is 12.1 Å². The number of thiol groups is 1. The predicted octanol–water partition coefficient (Wildman–Crippen LogP) is 3.55. The monoisotopic (exact) mass is 307 g/mol. The van der Waals surface area contributed by atoms with Gasteiger partial charge >= 0.3 is 0 Å². The van der Waals surface area contributed by atoms with E-state index in [-0.39, 0.29) is 5.78 Å². The highest BCUT2D eigenvalue weighted by Crippen LogP contribution is 2.21. The highest BCUT2D eigenvalue weighted by molar-refractivity contribution is 9.10. The molecule has 0 radical (unpaired) electrons. The van der Waals surface area contributed by atoms with Gasteiger partial charge in [0.25, 0.3) is 0 Å². The van der Waals surface area contributed by atoms with Gasteiger partial charge in [0.05, 0.1) is 0 Å². The number of ketones is 1. The van der Waals surface area contributed by atoms with Crippen molar-refractivity contribution < 1.29 is 4.79 Å². The average molecular weight is 308 g/mol. The Hall–Kier alpha value is -1.26. The third-order valence-electron chi connectivity index (χ3n) is 2.38. The topological polar surface area (TPSA) is 43.1 Å². The molecular formula is C13H10BrNOS. The van der Waals surface area contributed by atoms with Crippen LogP contribution in [0.4, 0.5) is 5.69 Å². The van der Waals surface area contributed by atoms with Gasteiger partial charge in [-0.3, -0.25) is 4.79 Å². The summed E-state index contributed by atoms with van der Waals surface area (Å²) in [6, 6.07) is 12.4. The SMILES string of the molecule is Nc1cc(C(=O)c2cccc(Br)c2)ccc1S. The van der Waals surface area contributed by atoms with E-state index in [1.165, 1.54) is 0 Å². The Kier molecular flexibility index (Phi) is 3.54. The molecule has 2 nitrogen and oxygen atoms in total. The molecule has 0 atom stereocenters. The van der Waals surface area contributed by atoms with Crippen LogP contribution in [-0.2, 0) is 0 Å². The summed E-state index contributed by atoms with van der Waals surface area (Å²) in [7, 11) is 0. The number of halogens is 1. The number of hydrogen-bond acceptors (Lipinski definition) is 3. The minimum atomic E-state index is -0.0497. The minimum Gasteiger partial charge on any atom is -0.398 e. The van der Waals surface area contributed by atoms with E-state index in [9.17, 15) is 4.79 Å². The van der Waals surface area contributed by atoms with Crippen LogP contribution in [0.1, 0.15) is 15.9 Å². The van der Waals surface area contributed by atoms with Gasteiger partial charge in [-0.05, 0) is 30.3 Å². The average Bonchev–Trinajstić information content (AvgIpc) is 2.32. The van der Waals surface area contributed by atoms with Gasteiger partial charge in [0.2, 0.25) is 0 Å². The van der Waals surface area contributed by atoms with Gasteiger partial charge in [0, 0.05) is 26.2 Å². The van der Waals surface area contributed by atoms with E-state index in [1.54, 1.807) is 30.3 Å². The summed E-state index contributed by atoms with van der Waals surface area (Å²) >= 11 is 7.51. The Bertz CT molecular complexity index is 583. The fourth-order valence-electron chi connectivity index (χ4n) is 1.49. The van der Waals surface area contributed by atoms with Gasteiger partial charge in [0.15, 0.2) is 5.78 Å². The van der Waals surface area contributed by atoms with Crippen molar-refractivity contribution in [3.63, 3.8) is 0 Å². The third kappa shape index (κ3) is 2.70. The Morgan fingerprint density at radius 2 is 1.82 bits per heavy atom. The molecule has 2 rings (SSSR count). The molecule has 2 aromatic carbocycles. The maximum Gasteiger partial charge on any atom is 0.193 e. The molecule has 4 heteroatoms. The summed E-state index contributed by atoms with van der Waals surface area (Å²) in [5, 5.41) is 0. The molecule has 0 fully saturated rings. The Labute approximate surface area is 113 Å². The molecule has 17 heavy (non-hydrogen) atoms. The standard InChI is InChI=1S/C13H10BrNOS/c14-10-3-1-2-8(6-10)13(16)9-4-5-12(17)11(15)7-9/h1-7,17H,15H2. The predicted molar refractivity (Wildman–Crippen MR) is 75.7 cm³/mol. The second-order valence-electron chi connectivity index (χ2n) is 3.61. The highest BCUT2D eigenvalue weighted by Gasteiger charge is 2.10. The molecule has 0 amide bonds. The van der Waals surface area contributed by atoms with Gasteiger partial charge < -0.3 is 5.73 Å². The molecule has 0 spiro atoms. The van der Waals surface area contributed by atoms with E-state index < -0.39 is 0 Å². The van der Waals surface area contributed by atoms with Gasteiger partial charge in [-0.1, -0.05) is 28.1 Å². The third-order valence-corrected chi connectivity index (χ3v) is 3.28. The summed E-state index contributed by atoms with van der Waals surface area (Å²) < 4.78 is 0.877. The highest BCUT2D eigenvalue weighted by atomic mass is 79.9.